The zero-order chi connectivity index (χ0) is 17.3. The standard InChI is InChI=1S/C18H23N3O2S/c1-18(2,3)15-10-13(19-20-15)17(23)21-8-4-6-12(11-21)16(22)14-7-5-9-24-14/h5,7,9-10,12H,4,6,8,11H2,1-3H3,(H,19,20)/t12-/m0/s1. The Bertz CT molecular complexity index is 728. The van der Waals surface area contributed by atoms with E-state index in [2.05, 4.69) is 31.0 Å². The predicted octanol–water partition coefficient (Wildman–Crippen LogP) is 3.50. The second-order valence-corrected chi connectivity index (χ2v) is 8.30. The number of Topliss-reactive ketones (excluding diaryl/α,β-unsaturated/α-hetero) is 1. The normalized spacial score (nSPS) is 18.6. The maximum absolute atomic E-state index is 12.7. The Labute approximate surface area is 146 Å². The lowest BCUT2D eigenvalue weighted by Gasteiger charge is -2.31. The Balaban J connectivity index is 1.71. The molecule has 3 heterocycles. The molecule has 1 N–H and O–H groups in total. The van der Waals surface area contributed by atoms with Gasteiger partial charge in [-0.05, 0) is 30.4 Å². The number of hydrogen-bond acceptors (Lipinski definition) is 4. The average molecular weight is 345 g/mol. The Hall–Kier alpha value is -1.95. The minimum absolute atomic E-state index is 0.0783. The van der Waals surface area contributed by atoms with Gasteiger partial charge in [-0.3, -0.25) is 14.7 Å². The summed E-state index contributed by atoms with van der Waals surface area (Å²) < 4.78 is 0. The number of carbonyl (C=O) groups is 2. The molecule has 1 aliphatic rings. The third kappa shape index (κ3) is 3.43. The van der Waals surface area contributed by atoms with Gasteiger partial charge in [-0.1, -0.05) is 26.8 Å². The predicted molar refractivity (Wildman–Crippen MR) is 94.6 cm³/mol. The maximum Gasteiger partial charge on any atom is 0.274 e. The van der Waals surface area contributed by atoms with Gasteiger partial charge in [0.1, 0.15) is 5.69 Å². The van der Waals surface area contributed by atoms with Gasteiger partial charge in [-0.25, -0.2) is 0 Å². The molecular formula is C18H23N3O2S. The number of ketones is 1. The first kappa shape index (κ1) is 16.9. The third-order valence-electron chi connectivity index (χ3n) is 4.45. The molecule has 3 rings (SSSR count). The molecule has 1 aliphatic heterocycles. The van der Waals surface area contributed by atoms with Crippen molar-refractivity contribution in [1.29, 1.82) is 0 Å². The molecule has 24 heavy (non-hydrogen) atoms. The Morgan fingerprint density at radius 1 is 1.38 bits per heavy atom. The average Bonchev–Trinajstić information content (AvgIpc) is 3.24. The van der Waals surface area contributed by atoms with Crippen LogP contribution in [-0.2, 0) is 5.41 Å². The molecule has 1 saturated heterocycles. The van der Waals surface area contributed by atoms with E-state index in [1.807, 2.05) is 23.6 Å². The lowest BCUT2D eigenvalue weighted by Crippen LogP contribution is -2.42. The highest BCUT2D eigenvalue weighted by molar-refractivity contribution is 7.12. The van der Waals surface area contributed by atoms with Gasteiger partial charge in [0.2, 0.25) is 0 Å². The van der Waals surface area contributed by atoms with Crippen LogP contribution in [0.2, 0.25) is 0 Å². The smallest absolute Gasteiger partial charge is 0.274 e. The van der Waals surface area contributed by atoms with Crippen molar-refractivity contribution in [2.24, 2.45) is 5.92 Å². The van der Waals surface area contributed by atoms with E-state index in [-0.39, 0.29) is 23.0 Å². The summed E-state index contributed by atoms with van der Waals surface area (Å²) in [7, 11) is 0. The molecule has 1 fully saturated rings. The van der Waals surface area contributed by atoms with E-state index in [0.29, 0.717) is 18.8 Å². The molecule has 128 valence electrons. The van der Waals surface area contributed by atoms with Crippen LogP contribution in [0.5, 0.6) is 0 Å². The molecule has 1 atom stereocenters. The molecule has 2 aromatic heterocycles. The van der Waals surface area contributed by atoms with Gasteiger partial charge < -0.3 is 4.90 Å². The molecule has 1 amide bonds. The van der Waals surface area contributed by atoms with Crippen LogP contribution in [0.3, 0.4) is 0 Å². The van der Waals surface area contributed by atoms with Crippen LogP contribution in [0.1, 0.15) is 59.5 Å². The van der Waals surface area contributed by atoms with E-state index in [9.17, 15) is 9.59 Å². The summed E-state index contributed by atoms with van der Waals surface area (Å²) in [6, 6.07) is 5.57. The number of likely N-dealkylation sites (tertiary alicyclic amines) is 1. The highest BCUT2D eigenvalue weighted by atomic mass is 32.1. The number of nitrogens with one attached hydrogen (secondary N) is 1. The molecule has 0 aromatic carbocycles. The number of nitrogens with zero attached hydrogens (tertiary/aromatic N) is 2. The van der Waals surface area contributed by atoms with Gasteiger partial charge in [0.15, 0.2) is 5.78 Å². The number of aromatic nitrogens is 2. The van der Waals surface area contributed by atoms with Crippen LogP contribution in [0.4, 0.5) is 0 Å². The fourth-order valence-corrected chi connectivity index (χ4v) is 3.72. The van der Waals surface area contributed by atoms with Crippen LogP contribution in [0.25, 0.3) is 0 Å². The van der Waals surface area contributed by atoms with Crippen LogP contribution in [0.15, 0.2) is 23.6 Å². The number of piperidine rings is 1. The van der Waals surface area contributed by atoms with Crippen LogP contribution < -0.4 is 0 Å². The highest BCUT2D eigenvalue weighted by Crippen LogP contribution is 2.25. The second kappa shape index (κ2) is 6.51. The van der Waals surface area contributed by atoms with Crippen molar-refractivity contribution in [3.05, 3.63) is 39.8 Å². The van der Waals surface area contributed by atoms with Crippen molar-refractivity contribution in [2.45, 2.75) is 39.0 Å². The number of rotatable bonds is 3. The fourth-order valence-electron chi connectivity index (χ4n) is 2.97. The summed E-state index contributed by atoms with van der Waals surface area (Å²) in [5.74, 6) is -0.0484. The zero-order valence-corrected chi connectivity index (χ0v) is 15.2. The van der Waals surface area contributed by atoms with Gasteiger partial charge >= 0.3 is 0 Å². The molecule has 0 saturated carbocycles. The molecule has 0 aliphatic carbocycles. The molecule has 6 heteroatoms. The van der Waals surface area contributed by atoms with Crippen molar-refractivity contribution in [3.8, 4) is 0 Å². The van der Waals surface area contributed by atoms with Crippen LogP contribution in [-0.4, -0.2) is 39.9 Å². The van der Waals surface area contributed by atoms with Crippen LogP contribution >= 0.6 is 11.3 Å². The van der Waals surface area contributed by atoms with Crippen molar-refractivity contribution < 1.29 is 9.59 Å². The topological polar surface area (TPSA) is 66.1 Å². The van der Waals surface area contributed by atoms with Gasteiger partial charge in [-0.2, -0.15) is 5.10 Å². The minimum Gasteiger partial charge on any atom is -0.337 e. The molecule has 0 spiro atoms. The van der Waals surface area contributed by atoms with Crippen molar-refractivity contribution >= 4 is 23.0 Å². The molecule has 0 radical (unpaired) electrons. The zero-order valence-electron chi connectivity index (χ0n) is 14.3. The van der Waals surface area contributed by atoms with Crippen molar-refractivity contribution in [3.63, 3.8) is 0 Å². The van der Waals surface area contributed by atoms with Crippen molar-refractivity contribution in [2.75, 3.05) is 13.1 Å². The second-order valence-electron chi connectivity index (χ2n) is 7.35. The van der Waals surface area contributed by atoms with E-state index in [1.165, 1.54) is 11.3 Å². The van der Waals surface area contributed by atoms with E-state index in [0.717, 1.165) is 23.4 Å². The number of hydrogen-bond donors (Lipinski definition) is 1. The molecule has 0 unspecified atom stereocenters. The molecule has 2 aromatic rings. The van der Waals surface area contributed by atoms with E-state index in [1.54, 1.807) is 4.90 Å². The number of aromatic amines is 1. The third-order valence-corrected chi connectivity index (χ3v) is 5.33. The lowest BCUT2D eigenvalue weighted by atomic mass is 9.91. The highest BCUT2D eigenvalue weighted by Gasteiger charge is 2.31. The Morgan fingerprint density at radius 3 is 2.79 bits per heavy atom. The van der Waals surface area contributed by atoms with Gasteiger partial charge in [-0.15, -0.1) is 11.3 Å². The Morgan fingerprint density at radius 2 is 2.17 bits per heavy atom. The first-order valence-electron chi connectivity index (χ1n) is 8.29. The SMILES string of the molecule is CC(C)(C)c1cc(C(=O)N2CCC[C@H](C(=O)c3cccs3)C2)n[nH]1. The van der Waals surface area contributed by atoms with Crippen molar-refractivity contribution in [1.82, 2.24) is 15.1 Å². The Kier molecular flexibility index (Phi) is 4.58. The maximum atomic E-state index is 12.7. The van der Waals surface area contributed by atoms with E-state index in [4.69, 9.17) is 0 Å². The monoisotopic (exact) mass is 345 g/mol. The molecule has 5 nitrogen and oxygen atoms in total. The number of thiophene rings is 1. The number of amides is 1. The quantitative estimate of drug-likeness (QED) is 0.866. The largest absolute Gasteiger partial charge is 0.337 e. The first-order chi connectivity index (χ1) is 11.4. The fraction of sp³-hybridized carbons (Fsp3) is 0.500. The summed E-state index contributed by atoms with van der Waals surface area (Å²) >= 11 is 1.47. The lowest BCUT2D eigenvalue weighted by molar-refractivity contribution is 0.0633. The summed E-state index contributed by atoms with van der Waals surface area (Å²) in [5.41, 5.74) is 1.30. The number of carbonyl (C=O) groups excluding carboxylic acids is 2. The first-order valence-corrected chi connectivity index (χ1v) is 9.17. The molecule has 0 bridgehead atoms. The van der Waals surface area contributed by atoms with Crippen LogP contribution in [0, 0.1) is 5.92 Å². The summed E-state index contributed by atoms with van der Waals surface area (Å²) in [6.45, 7) is 7.39. The number of H-pyrrole nitrogens is 1. The summed E-state index contributed by atoms with van der Waals surface area (Å²) in [4.78, 5) is 27.8. The van der Waals surface area contributed by atoms with Gasteiger partial charge in [0.05, 0.1) is 4.88 Å². The van der Waals surface area contributed by atoms with Gasteiger partial charge in [0.25, 0.3) is 5.91 Å². The van der Waals surface area contributed by atoms with Gasteiger partial charge in [0, 0.05) is 30.1 Å². The van der Waals surface area contributed by atoms with E-state index < -0.39 is 0 Å². The minimum atomic E-state index is -0.109. The summed E-state index contributed by atoms with van der Waals surface area (Å²) in [5, 5.41) is 9.05. The van der Waals surface area contributed by atoms with E-state index >= 15 is 0 Å². The summed E-state index contributed by atoms with van der Waals surface area (Å²) in [6.07, 6.45) is 1.69. The molecular weight excluding hydrogens is 322 g/mol.